The lowest BCUT2D eigenvalue weighted by Gasteiger charge is -2.39. The van der Waals surface area contributed by atoms with Gasteiger partial charge in [0, 0.05) is 32.6 Å². The highest BCUT2D eigenvalue weighted by Crippen LogP contribution is 2.27. The van der Waals surface area contributed by atoms with Crippen molar-refractivity contribution in [1.29, 1.82) is 0 Å². The number of carbonyl (C=O) groups is 1. The summed E-state index contributed by atoms with van der Waals surface area (Å²) in [6.07, 6.45) is 2.80. The van der Waals surface area contributed by atoms with Gasteiger partial charge in [0.2, 0.25) is 0 Å². The predicted molar refractivity (Wildman–Crippen MR) is 103 cm³/mol. The lowest BCUT2D eigenvalue weighted by Crippen LogP contribution is -2.60. The molecule has 0 spiro atoms. The van der Waals surface area contributed by atoms with Gasteiger partial charge in [-0.3, -0.25) is 4.79 Å². The van der Waals surface area contributed by atoms with Gasteiger partial charge in [0.25, 0.3) is 5.91 Å². The van der Waals surface area contributed by atoms with Crippen LogP contribution in [0.2, 0.25) is 0 Å². The molecule has 1 amide bonds. The topological polar surface area (TPSA) is 41.6 Å². The number of morpholine rings is 1. The molecule has 1 atom stereocenters. The van der Waals surface area contributed by atoms with Crippen molar-refractivity contribution in [1.82, 2.24) is 10.2 Å². The van der Waals surface area contributed by atoms with Crippen molar-refractivity contribution in [2.75, 3.05) is 32.8 Å². The smallest absolute Gasteiger partial charge is 0.256 e. The maximum Gasteiger partial charge on any atom is 0.256 e. The van der Waals surface area contributed by atoms with Gasteiger partial charge in [-0.05, 0) is 29.5 Å². The molecule has 2 saturated heterocycles. The van der Waals surface area contributed by atoms with E-state index in [9.17, 15) is 4.79 Å². The summed E-state index contributed by atoms with van der Waals surface area (Å²) in [5.41, 5.74) is 2.73. The maximum atomic E-state index is 13.2. The van der Waals surface area contributed by atoms with Crippen LogP contribution in [0.5, 0.6) is 0 Å². The highest BCUT2D eigenvalue weighted by atomic mass is 16.5. The van der Waals surface area contributed by atoms with Crippen molar-refractivity contribution in [3.8, 4) is 11.1 Å². The third-order valence-corrected chi connectivity index (χ3v) is 5.37. The Morgan fingerprint density at radius 1 is 1.04 bits per heavy atom. The van der Waals surface area contributed by atoms with Gasteiger partial charge < -0.3 is 15.0 Å². The zero-order valence-electron chi connectivity index (χ0n) is 15.1. The number of hydrogen-bond donors (Lipinski definition) is 1. The second-order valence-corrected chi connectivity index (χ2v) is 7.26. The zero-order chi connectivity index (χ0) is 17.8. The number of benzene rings is 2. The Morgan fingerprint density at radius 2 is 1.81 bits per heavy atom. The number of nitrogens with zero attached hydrogens (tertiary/aromatic N) is 1. The Morgan fingerprint density at radius 3 is 2.54 bits per heavy atom. The summed E-state index contributed by atoms with van der Waals surface area (Å²) in [6.45, 7) is 3.68. The third-order valence-electron chi connectivity index (χ3n) is 5.37. The SMILES string of the molecule is O=C(N1CCCC1)[C@@]1(Cc2cccc(-c3ccccc3)c2)CNCCO1. The van der Waals surface area contributed by atoms with Gasteiger partial charge in [0.1, 0.15) is 0 Å². The number of hydrogen-bond acceptors (Lipinski definition) is 3. The highest BCUT2D eigenvalue weighted by molar-refractivity contribution is 5.86. The van der Waals surface area contributed by atoms with Crippen LogP contribution in [0.3, 0.4) is 0 Å². The fraction of sp³-hybridized carbons (Fsp3) is 0.409. The van der Waals surface area contributed by atoms with Gasteiger partial charge >= 0.3 is 0 Å². The molecule has 2 heterocycles. The number of carbonyl (C=O) groups excluding carboxylic acids is 1. The van der Waals surface area contributed by atoms with Crippen LogP contribution in [0.4, 0.5) is 0 Å². The van der Waals surface area contributed by atoms with E-state index in [1.807, 2.05) is 11.0 Å². The number of amides is 1. The Bertz CT molecular complexity index is 748. The molecule has 0 unspecified atom stereocenters. The molecule has 136 valence electrons. The first-order valence-corrected chi connectivity index (χ1v) is 9.55. The van der Waals surface area contributed by atoms with Crippen molar-refractivity contribution < 1.29 is 9.53 Å². The lowest BCUT2D eigenvalue weighted by molar-refractivity contribution is -0.161. The monoisotopic (exact) mass is 350 g/mol. The second kappa shape index (κ2) is 7.60. The summed E-state index contributed by atoms with van der Waals surface area (Å²) in [5, 5.41) is 3.37. The standard InChI is InChI=1S/C22H26N2O2/c25-21(24-12-4-5-13-24)22(17-23-11-14-26-22)16-18-7-6-10-20(15-18)19-8-2-1-3-9-19/h1-3,6-10,15,23H,4-5,11-14,16-17H2/t22-/m1/s1. The van der Waals surface area contributed by atoms with Crippen LogP contribution in [0.15, 0.2) is 54.6 Å². The Kier molecular flexibility index (Phi) is 5.05. The fourth-order valence-electron chi connectivity index (χ4n) is 4.02. The third kappa shape index (κ3) is 3.53. The first-order chi connectivity index (χ1) is 12.8. The summed E-state index contributed by atoms with van der Waals surface area (Å²) in [4.78, 5) is 15.2. The van der Waals surface area contributed by atoms with Gasteiger partial charge in [-0.15, -0.1) is 0 Å². The number of likely N-dealkylation sites (tertiary alicyclic amines) is 1. The van der Waals surface area contributed by atoms with E-state index >= 15 is 0 Å². The molecule has 2 aromatic rings. The second-order valence-electron chi connectivity index (χ2n) is 7.26. The molecule has 0 aromatic heterocycles. The molecule has 0 radical (unpaired) electrons. The average molecular weight is 350 g/mol. The molecular weight excluding hydrogens is 324 g/mol. The minimum absolute atomic E-state index is 0.146. The van der Waals surface area contributed by atoms with Crippen LogP contribution in [-0.2, 0) is 16.0 Å². The minimum Gasteiger partial charge on any atom is -0.362 e. The van der Waals surface area contributed by atoms with E-state index in [-0.39, 0.29) is 5.91 Å². The predicted octanol–water partition coefficient (Wildman–Crippen LogP) is 2.88. The van der Waals surface area contributed by atoms with Crippen molar-refractivity contribution in [2.45, 2.75) is 24.9 Å². The molecular formula is C22H26N2O2. The van der Waals surface area contributed by atoms with E-state index in [1.54, 1.807) is 0 Å². The van der Waals surface area contributed by atoms with Crippen LogP contribution in [0.25, 0.3) is 11.1 Å². The Hall–Kier alpha value is -2.17. The minimum atomic E-state index is -0.780. The van der Waals surface area contributed by atoms with Crippen molar-refractivity contribution in [2.24, 2.45) is 0 Å². The molecule has 2 aromatic carbocycles. The van der Waals surface area contributed by atoms with E-state index in [0.717, 1.165) is 38.0 Å². The van der Waals surface area contributed by atoms with E-state index in [0.29, 0.717) is 19.6 Å². The van der Waals surface area contributed by atoms with Crippen LogP contribution in [0.1, 0.15) is 18.4 Å². The normalized spacial score (nSPS) is 23.2. The molecule has 1 N–H and O–H groups in total. The molecule has 0 bridgehead atoms. The number of nitrogens with one attached hydrogen (secondary N) is 1. The highest BCUT2D eigenvalue weighted by Gasteiger charge is 2.44. The lowest BCUT2D eigenvalue weighted by atomic mass is 9.90. The van der Waals surface area contributed by atoms with Crippen LogP contribution < -0.4 is 5.32 Å². The van der Waals surface area contributed by atoms with E-state index in [4.69, 9.17) is 4.74 Å². The van der Waals surface area contributed by atoms with Crippen LogP contribution >= 0.6 is 0 Å². The van der Waals surface area contributed by atoms with Crippen molar-refractivity contribution >= 4 is 5.91 Å². The summed E-state index contributed by atoms with van der Waals surface area (Å²) >= 11 is 0. The summed E-state index contributed by atoms with van der Waals surface area (Å²) < 4.78 is 6.14. The number of ether oxygens (including phenoxy) is 1. The molecule has 4 rings (SSSR count). The first kappa shape index (κ1) is 17.3. The molecule has 26 heavy (non-hydrogen) atoms. The molecule has 0 saturated carbocycles. The van der Waals surface area contributed by atoms with Crippen LogP contribution in [-0.4, -0.2) is 49.2 Å². The Balaban J connectivity index is 1.61. The van der Waals surface area contributed by atoms with Gasteiger partial charge in [-0.25, -0.2) is 0 Å². The van der Waals surface area contributed by atoms with Gasteiger partial charge in [0.05, 0.1) is 6.61 Å². The molecule has 0 aliphatic carbocycles. The van der Waals surface area contributed by atoms with Crippen LogP contribution in [0, 0.1) is 0 Å². The summed E-state index contributed by atoms with van der Waals surface area (Å²) in [6, 6.07) is 18.8. The summed E-state index contributed by atoms with van der Waals surface area (Å²) in [5.74, 6) is 0.146. The molecule has 4 heteroatoms. The molecule has 2 aliphatic heterocycles. The van der Waals surface area contributed by atoms with Crippen molar-refractivity contribution in [3.63, 3.8) is 0 Å². The average Bonchev–Trinajstić information content (AvgIpc) is 3.24. The van der Waals surface area contributed by atoms with Gasteiger partial charge in [-0.1, -0.05) is 54.6 Å². The van der Waals surface area contributed by atoms with E-state index in [1.165, 1.54) is 11.1 Å². The first-order valence-electron chi connectivity index (χ1n) is 9.55. The maximum absolute atomic E-state index is 13.2. The quantitative estimate of drug-likeness (QED) is 0.922. The van der Waals surface area contributed by atoms with Gasteiger partial charge in [0.15, 0.2) is 5.60 Å². The largest absolute Gasteiger partial charge is 0.362 e. The molecule has 2 aliphatic rings. The zero-order valence-corrected chi connectivity index (χ0v) is 15.1. The van der Waals surface area contributed by atoms with Crippen molar-refractivity contribution in [3.05, 3.63) is 60.2 Å². The molecule has 2 fully saturated rings. The Labute approximate surface area is 155 Å². The fourth-order valence-corrected chi connectivity index (χ4v) is 4.02. The van der Waals surface area contributed by atoms with E-state index < -0.39 is 5.60 Å². The number of rotatable bonds is 4. The van der Waals surface area contributed by atoms with E-state index in [2.05, 4.69) is 53.8 Å². The van der Waals surface area contributed by atoms with Gasteiger partial charge in [-0.2, -0.15) is 0 Å². The molecule has 4 nitrogen and oxygen atoms in total. The summed E-state index contributed by atoms with van der Waals surface area (Å²) in [7, 11) is 0.